The molecule has 1 heterocycles. The first-order valence-corrected chi connectivity index (χ1v) is 6.94. The largest absolute Gasteiger partial charge is 0.288 e. The van der Waals surface area contributed by atoms with Crippen molar-refractivity contribution in [2.24, 2.45) is 0 Å². The molecule has 19 heavy (non-hydrogen) atoms. The summed E-state index contributed by atoms with van der Waals surface area (Å²) in [5.41, 5.74) is -0.176. The average Bonchev–Trinajstić information content (AvgIpc) is 2.81. The fourth-order valence-corrected chi connectivity index (χ4v) is 2.86. The Hall–Kier alpha value is -1.77. The molecule has 0 aliphatic rings. The van der Waals surface area contributed by atoms with Gasteiger partial charge >= 0.3 is 0 Å². The van der Waals surface area contributed by atoms with Gasteiger partial charge < -0.3 is 0 Å². The number of benzene rings is 1. The first-order valence-electron chi connectivity index (χ1n) is 5.27. The lowest BCUT2D eigenvalue weighted by molar-refractivity contribution is 0.103. The first kappa shape index (κ1) is 13.7. The van der Waals surface area contributed by atoms with E-state index < -0.39 is 11.6 Å². The summed E-state index contributed by atoms with van der Waals surface area (Å²) in [6.07, 6.45) is 1.46. The molecule has 0 amide bonds. The standard InChI is InChI=1S/C14H7BrFNOS/c15-10-6-11(19-8-10)5-9(7-17)14(18)12-3-1-2-4-13(12)16/h1-6,8H/b9-5+. The Morgan fingerprint density at radius 3 is 2.74 bits per heavy atom. The van der Waals surface area contributed by atoms with Crippen molar-refractivity contribution in [3.63, 3.8) is 0 Å². The third-order valence-corrected chi connectivity index (χ3v) is 4.00. The van der Waals surface area contributed by atoms with Crippen molar-refractivity contribution in [1.82, 2.24) is 0 Å². The molecule has 2 aromatic rings. The topological polar surface area (TPSA) is 40.9 Å². The summed E-state index contributed by atoms with van der Waals surface area (Å²) < 4.78 is 14.4. The molecular formula is C14H7BrFNOS. The van der Waals surface area contributed by atoms with E-state index in [4.69, 9.17) is 5.26 Å². The van der Waals surface area contributed by atoms with Crippen molar-refractivity contribution in [1.29, 1.82) is 5.26 Å². The number of nitriles is 1. The SMILES string of the molecule is N#C/C(=C\c1cc(Br)cs1)C(=O)c1ccccc1F. The van der Waals surface area contributed by atoms with Gasteiger partial charge in [-0.25, -0.2) is 4.39 Å². The highest BCUT2D eigenvalue weighted by Crippen LogP contribution is 2.23. The lowest BCUT2D eigenvalue weighted by atomic mass is 10.0. The van der Waals surface area contributed by atoms with E-state index in [2.05, 4.69) is 15.9 Å². The van der Waals surface area contributed by atoms with Crippen LogP contribution in [0.15, 0.2) is 45.8 Å². The minimum absolute atomic E-state index is 0.0838. The van der Waals surface area contributed by atoms with E-state index in [1.54, 1.807) is 12.1 Å². The molecule has 0 saturated carbocycles. The highest BCUT2D eigenvalue weighted by atomic mass is 79.9. The fraction of sp³-hybridized carbons (Fsp3) is 0. The first-order chi connectivity index (χ1) is 9.11. The maximum atomic E-state index is 13.5. The summed E-state index contributed by atoms with van der Waals surface area (Å²) in [6.45, 7) is 0. The molecule has 0 saturated heterocycles. The second-order valence-corrected chi connectivity index (χ2v) is 5.50. The Kier molecular flexibility index (Phi) is 4.25. The van der Waals surface area contributed by atoms with Crippen LogP contribution in [0.3, 0.4) is 0 Å². The van der Waals surface area contributed by atoms with Crippen molar-refractivity contribution in [2.45, 2.75) is 0 Å². The van der Waals surface area contributed by atoms with Gasteiger partial charge in [0.25, 0.3) is 0 Å². The van der Waals surface area contributed by atoms with Gasteiger partial charge in [0.15, 0.2) is 0 Å². The third-order valence-electron chi connectivity index (χ3n) is 2.36. The molecule has 2 rings (SSSR count). The van der Waals surface area contributed by atoms with E-state index in [9.17, 15) is 9.18 Å². The Bertz CT molecular complexity index is 699. The molecule has 0 unspecified atom stereocenters. The molecule has 5 heteroatoms. The van der Waals surface area contributed by atoms with Crippen molar-refractivity contribution in [2.75, 3.05) is 0 Å². The fourth-order valence-electron chi connectivity index (χ4n) is 1.49. The Labute approximate surface area is 121 Å². The average molecular weight is 336 g/mol. The van der Waals surface area contributed by atoms with Crippen molar-refractivity contribution < 1.29 is 9.18 Å². The van der Waals surface area contributed by atoms with Gasteiger partial charge in [-0.3, -0.25) is 4.79 Å². The number of nitrogens with zero attached hydrogens (tertiary/aromatic N) is 1. The van der Waals surface area contributed by atoms with Crippen LogP contribution in [-0.2, 0) is 0 Å². The predicted molar refractivity (Wildman–Crippen MR) is 76.3 cm³/mol. The van der Waals surface area contributed by atoms with Gasteiger partial charge in [-0.2, -0.15) is 5.26 Å². The zero-order chi connectivity index (χ0) is 13.8. The van der Waals surface area contributed by atoms with Crippen LogP contribution in [0, 0.1) is 17.1 Å². The number of allylic oxidation sites excluding steroid dienone is 1. The molecule has 0 fully saturated rings. The number of hydrogen-bond donors (Lipinski definition) is 0. The lowest BCUT2D eigenvalue weighted by Gasteiger charge is -2.00. The van der Waals surface area contributed by atoms with Gasteiger partial charge in [-0.1, -0.05) is 12.1 Å². The molecule has 0 N–H and O–H groups in total. The van der Waals surface area contributed by atoms with Gasteiger partial charge in [-0.15, -0.1) is 11.3 Å². The van der Waals surface area contributed by atoms with Gasteiger partial charge in [-0.05, 0) is 40.2 Å². The van der Waals surface area contributed by atoms with E-state index in [-0.39, 0.29) is 11.1 Å². The molecule has 2 nitrogen and oxygen atoms in total. The number of thiophene rings is 1. The number of ketones is 1. The van der Waals surface area contributed by atoms with E-state index in [0.717, 1.165) is 9.35 Å². The quantitative estimate of drug-likeness (QED) is 0.472. The number of halogens is 2. The number of carbonyl (C=O) groups excluding carboxylic acids is 1. The van der Waals surface area contributed by atoms with Crippen LogP contribution in [0.5, 0.6) is 0 Å². The van der Waals surface area contributed by atoms with Crippen molar-refractivity contribution in [3.05, 3.63) is 62.0 Å². The summed E-state index contributed by atoms with van der Waals surface area (Å²) in [5.74, 6) is -1.23. The number of Topliss-reactive ketones (excluding diaryl/α,β-unsaturated/α-hetero) is 1. The molecule has 0 radical (unpaired) electrons. The minimum atomic E-state index is -0.624. The van der Waals surface area contributed by atoms with Gasteiger partial charge in [0.1, 0.15) is 17.5 Å². The number of rotatable bonds is 3. The van der Waals surface area contributed by atoms with Gasteiger partial charge in [0.2, 0.25) is 5.78 Å². The van der Waals surface area contributed by atoms with E-state index in [1.165, 1.54) is 35.6 Å². The van der Waals surface area contributed by atoms with Crippen molar-refractivity contribution in [3.8, 4) is 6.07 Å². The molecule has 0 aliphatic heterocycles. The number of carbonyl (C=O) groups is 1. The summed E-state index contributed by atoms with van der Waals surface area (Å²) in [4.78, 5) is 12.8. The van der Waals surface area contributed by atoms with Crippen LogP contribution in [0.25, 0.3) is 6.08 Å². The van der Waals surface area contributed by atoms with Crippen LogP contribution in [0.4, 0.5) is 4.39 Å². The van der Waals surface area contributed by atoms with Gasteiger partial charge in [0.05, 0.1) is 5.56 Å². The van der Waals surface area contributed by atoms with Gasteiger partial charge in [0, 0.05) is 14.7 Å². The highest BCUT2D eigenvalue weighted by molar-refractivity contribution is 9.10. The van der Waals surface area contributed by atoms with Crippen LogP contribution in [-0.4, -0.2) is 5.78 Å². The molecule has 1 aromatic carbocycles. The van der Waals surface area contributed by atoms with Crippen LogP contribution >= 0.6 is 27.3 Å². The summed E-state index contributed by atoms with van der Waals surface area (Å²) in [6, 6.07) is 9.24. The molecule has 0 aliphatic carbocycles. The van der Waals surface area contributed by atoms with E-state index in [0.29, 0.717) is 0 Å². The Morgan fingerprint density at radius 1 is 1.42 bits per heavy atom. The second kappa shape index (κ2) is 5.91. The second-order valence-electron chi connectivity index (χ2n) is 3.65. The molecule has 0 spiro atoms. The van der Waals surface area contributed by atoms with Crippen LogP contribution < -0.4 is 0 Å². The maximum Gasteiger partial charge on any atom is 0.206 e. The Balaban J connectivity index is 2.39. The van der Waals surface area contributed by atoms with Crippen molar-refractivity contribution >= 4 is 39.1 Å². The third kappa shape index (κ3) is 3.16. The monoisotopic (exact) mass is 335 g/mol. The normalized spacial score (nSPS) is 11.1. The smallest absolute Gasteiger partial charge is 0.206 e. The molecule has 0 bridgehead atoms. The molecular weight excluding hydrogens is 329 g/mol. The zero-order valence-electron chi connectivity index (χ0n) is 9.56. The number of hydrogen-bond acceptors (Lipinski definition) is 3. The maximum absolute atomic E-state index is 13.5. The van der Waals surface area contributed by atoms with E-state index >= 15 is 0 Å². The van der Waals surface area contributed by atoms with E-state index in [1.807, 2.05) is 11.4 Å². The zero-order valence-corrected chi connectivity index (χ0v) is 12.0. The summed E-state index contributed by atoms with van der Waals surface area (Å²) in [7, 11) is 0. The minimum Gasteiger partial charge on any atom is -0.288 e. The Morgan fingerprint density at radius 2 is 2.16 bits per heavy atom. The lowest BCUT2D eigenvalue weighted by Crippen LogP contribution is -2.04. The highest BCUT2D eigenvalue weighted by Gasteiger charge is 2.16. The van der Waals surface area contributed by atoms with Crippen LogP contribution in [0.1, 0.15) is 15.2 Å². The molecule has 1 aromatic heterocycles. The molecule has 94 valence electrons. The predicted octanol–water partition coefficient (Wildman–Crippen LogP) is 4.44. The summed E-state index contributed by atoms with van der Waals surface area (Å²) >= 11 is 4.68. The van der Waals surface area contributed by atoms with Crippen LogP contribution in [0.2, 0.25) is 0 Å². The molecule has 0 atom stereocenters. The summed E-state index contributed by atoms with van der Waals surface area (Å²) in [5, 5.41) is 10.9.